The molecule has 9 heteroatoms. The summed E-state index contributed by atoms with van der Waals surface area (Å²) in [5, 5.41) is 18.5. The largest absolute Gasteiger partial charge is 0.341 e. The molecule has 1 aliphatic carbocycles. The van der Waals surface area contributed by atoms with E-state index in [2.05, 4.69) is 25.7 Å². The Balaban J connectivity index is 1.47. The van der Waals surface area contributed by atoms with Gasteiger partial charge >= 0.3 is 0 Å². The van der Waals surface area contributed by atoms with Crippen LogP contribution < -0.4 is 9.80 Å². The second-order valence-corrected chi connectivity index (χ2v) is 8.24. The molecule has 1 aliphatic heterocycles. The highest BCUT2D eigenvalue weighted by Gasteiger charge is 2.32. The molecule has 0 spiro atoms. The van der Waals surface area contributed by atoms with Gasteiger partial charge in [-0.3, -0.25) is 9.36 Å². The fourth-order valence-corrected chi connectivity index (χ4v) is 4.41. The first-order valence-corrected chi connectivity index (χ1v) is 10.9. The van der Waals surface area contributed by atoms with Crippen molar-refractivity contribution in [3.63, 3.8) is 0 Å². The molecule has 7 nitrogen and oxygen atoms in total. The van der Waals surface area contributed by atoms with Gasteiger partial charge < -0.3 is 9.80 Å². The van der Waals surface area contributed by atoms with Gasteiger partial charge in [0, 0.05) is 31.4 Å². The number of halogens is 1. The summed E-state index contributed by atoms with van der Waals surface area (Å²) in [5.74, 6) is 0.612. The third-order valence-electron chi connectivity index (χ3n) is 5.16. The monoisotopic (exact) mass is 414 g/mol. The van der Waals surface area contributed by atoms with Crippen LogP contribution in [0.15, 0.2) is 29.4 Å². The zero-order valence-electron chi connectivity index (χ0n) is 16.1. The highest BCUT2D eigenvalue weighted by Crippen LogP contribution is 2.41. The first-order valence-electron chi connectivity index (χ1n) is 9.93. The molecule has 0 atom stereocenters. The molecule has 1 saturated carbocycles. The fourth-order valence-electron chi connectivity index (χ4n) is 3.54. The van der Waals surface area contributed by atoms with E-state index in [4.69, 9.17) is 5.26 Å². The van der Waals surface area contributed by atoms with Crippen molar-refractivity contribution >= 4 is 29.3 Å². The van der Waals surface area contributed by atoms with Gasteiger partial charge in [0.25, 0.3) is 0 Å². The van der Waals surface area contributed by atoms with E-state index in [1.807, 2.05) is 0 Å². The van der Waals surface area contributed by atoms with E-state index in [0.717, 1.165) is 37.0 Å². The van der Waals surface area contributed by atoms with Crippen molar-refractivity contribution in [1.82, 2.24) is 14.8 Å². The molecule has 1 amide bonds. The lowest BCUT2D eigenvalue weighted by molar-refractivity contribution is -0.116. The van der Waals surface area contributed by atoms with Crippen molar-refractivity contribution in [2.24, 2.45) is 0 Å². The van der Waals surface area contributed by atoms with Crippen molar-refractivity contribution < 1.29 is 9.18 Å². The lowest BCUT2D eigenvalue weighted by atomic mass is 10.2. The van der Waals surface area contributed by atoms with E-state index in [0.29, 0.717) is 11.7 Å². The third-order valence-corrected chi connectivity index (χ3v) is 6.09. The summed E-state index contributed by atoms with van der Waals surface area (Å²) >= 11 is 1.38. The van der Waals surface area contributed by atoms with Crippen LogP contribution in [0, 0.1) is 17.1 Å². The smallest absolute Gasteiger partial charge is 0.237 e. The Bertz CT molecular complexity index is 899. The highest BCUT2D eigenvalue weighted by molar-refractivity contribution is 7.99. The molecule has 0 N–H and O–H groups in total. The average molecular weight is 415 g/mol. The van der Waals surface area contributed by atoms with Crippen LogP contribution in [0.2, 0.25) is 0 Å². The Labute approximate surface area is 173 Å². The summed E-state index contributed by atoms with van der Waals surface area (Å²) in [6, 6.07) is 8.26. The number of rotatable bonds is 8. The summed E-state index contributed by atoms with van der Waals surface area (Å²) in [6.07, 6.45) is 4.79. The third kappa shape index (κ3) is 4.53. The molecule has 2 aliphatic rings. The molecule has 2 aromatic rings. The topological polar surface area (TPSA) is 78.0 Å². The molecule has 152 valence electrons. The summed E-state index contributed by atoms with van der Waals surface area (Å²) < 4.78 is 15.4. The molecule has 0 radical (unpaired) electrons. The number of carbonyl (C=O) groups is 1. The zero-order chi connectivity index (χ0) is 20.2. The first kappa shape index (κ1) is 19.7. The predicted octanol–water partition coefficient (Wildman–Crippen LogP) is 3.39. The van der Waals surface area contributed by atoms with Gasteiger partial charge in [-0.25, -0.2) is 4.39 Å². The van der Waals surface area contributed by atoms with Crippen molar-refractivity contribution in [3.8, 4) is 6.07 Å². The van der Waals surface area contributed by atoms with Gasteiger partial charge in [-0.1, -0.05) is 11.8 Å². The Morgan fingerprint density at radius 1 is 1.24 bits per heavy atom. The number of anilines is 2. The average Bonchev–Trinajstić information content (AvgIpc) is 3.25. The molecule has 0 unspecified atom stereocenters. The number of carbonyl (C=O) groups excluding carboxylic acids is 1. The van der Waals surface area contributed by atoms with Gasteiger partial charge in [0.2, 0.25) is 11.9 Å². The van der Waals surface area contributed by atoms with E-state index < -0.39 is 0 Å². The van der Waals surface area contributed by atoms with Crippen molar-refractivity contribution in [2.45, 2.75) is 43.3 Å². The molecule has 1 saturated heterocycles. The van der Waals surface area contributed by atoms with Crippen molar-refractivity contribution in [3.05, 3.63) is 30.1 Å². The second kappa shape index (κ2) is 8.82. The van der Waals surface area contributed by atoms with Gasteiger partial charge in [0.1, 0.15) is 5.82 Å². The number of thioether (sulfide) groups is 1. The Hall–Kier alpha value is -2.60. The van der Waals surface area contributed by atoms with E-state index in [1.54, 1.807) is 12.1 Å². The van der Waals surface area contributed by atoms with Gasteiger partial charge in [0.15, 0.2) is 5.16 Å². The number of amides is 1. The maximum atomic E-state index is 13.2. The van der Waals surface area contributed by atoms with E-state index in [1.165, 1.54) is 41.6 Å². The molecule has 1 aromatic heterocycles. The summed E-state index contributed by atoms with van der Waals surface area (Å²) in [6.45, 7) is 2.28. The molecule has 0 bridgehead atoms. The second-order valence-electron chi connectivity index (χ2n) is 7.30. The van der Waals surface area contributed by atoms with Crippen LogP contribution in [0.5, 0.6) is 0 Å². The van der Waals surface area contributed by atoms with Crippen LogP contribution in [0.1, 0.15) is 38.1 Å². The van der Waals surface area contributed by atoms with Gasteiger partial charge in [-0.2, -0.15) is 5.26 Å². The highest BCUT2D eigenvalue weighted by atomic mass is 32.2. The Morgan fingerprint density at radius 3 is 2.62 bits per heavy atom. The lowest BCUT2D eigenvalue weighted by Gasteiger charge is -2.22. The zero-order valence-corrected chi connectivity index (χ0v) is 16.9. The van der Waals surface area contributed by atoms with Crippen LogP contribution in [0.3, 0.4) is 0 Å². The minimum absolute atomic E-state index is 0.134. The van der Waals surface area contributed by atoms with Crippen LogP contribution >= 0.6 is 11.8 Å². The normalized spacial score (nSPS) is 16.1. The fraction of sp³-hybridized carbons (Fsp3) is 0.500. The van der Waals surface area contributed by atoms with Gasteiger partial charge in [-0.15, -0.1) is 10.2 Å². The first-order chi connectivity index (χ1) is 14.2. The van der Waals surface area contributed by atoms with Crippen LogP contribution in [-0.2, 0) is 4.79 Å². The van der Waals surface area contributed by atoms with E-state index >= 15 is 0 Å². The minimum Gasteiger partial charge on any atom is -0.341 e. The number of nitrogens with zero attached hydrogens (tertiary/aromatic N) is 6. The Kier molecular flexibility index (Phi) is 6.00. The summed E-state index contributed by atoms with van der Waals surface area (Å²) in [5.41, 5.74) is 0.591. The molecule has 2 heterocycles. The SMILES string of the molecule is N#CCCN(C(=O)CSc1nnc(N2CCCC2)n1C1CC1)c1ccc(F)cc1. The quantitative estimate of drug-likeness (QED) is 0.616. The maximum Gasteiger partial charge on any atom is 0.237 e. The number of hydrogen-bond donors (Lipinski definition) is 0. The standard InChI is InChI=1S/C20H23FN6OS/c21-15-4-6-16(7-5-15)26(13-3-10-22)18(28)14-29-20-24-23-19(25-11-1-2-12-25)27(20)17-8-9-17/h4-7,17H,1-3,8-9,11-14H2. The van der Waals surface area contributed by atoms with Crippen LogP contribution in [-0.4, -0.2) is 46.1 Å². The molecular formula is C20H23FN6OS. The van der Waals surface area contributed by atoms with Crippen LogP contribution in [0.4, 0.5) is 16.0 Å². The van der Waals surface area contributed by atoms with Crippen LogP contribution in [0.25, 0.3) is 0 Å². The predicted molar refractivity (Wildman–Crippen MR) is 109 cm³/mol. The Morgan fingerprint density at radius 2 is 1.97 bits per heavy atom. The number of aromatic nitrogens is 3. The van der Waals surface area contributed by atoms with Gasteiger partial charge in [0.05, 0.1) is 18.2 Å². The molecule has 2 fully saturated rings. The number of benzene rings is 1. The number of hydrogen-bond acceptors (Lipinski definition) is 6. The van der Waals surface area contributed by atoms with Crippen molar-refractivity contribution in [2.75, 3.05) is 35.2 Å². The van der Waals surface area contributed by atoms with Gasteiger partial charge in [-0.05, 0) is 49.9 Å². The molecule has 1 aromatic carbocycles. The minimum atomic E-state index is -0.359. The van der Waals surface area contributed by atoms with E-state index in [-0.39, 0.29) is 30.4 Å². The lowest BCUT2D eigenvalue weighted by Crippen LogP contribution is -2.33. The summed E-state index contributed by atoms with van der Waals surface area (Å²) in [7, 11) is 0. The number of nitriles is 1. The molecular weight excluding hydrogens is 391 g/mol. The maximum absolute atomic E-state index is 13.2. The molecule has 4 rings (SSSR count). The summed E-state index contributed by atoms with van der Waals surface area (Å²) in [4.78, 5) is 16.7. The van der Waals surface area contributed by atoms with E-state index in [9.17, 15) is 9.18 Å². The van der Waals surface area contributed by atoms with Crippen molar-refractivity contribution in [1.29, 1.82) is 5.26 Å². The molecule has 29 heavy (non-hydrogen) atoms.